The minimum Gasteiger partial charge on any atom is -0.330 e. The Morgan fingerprint density at radius 1 is 1.43 bits per heavy atom. The molecule has 78 valence electrons. The average molecular weight is 216 g/mol. The highest BCUT2D eigenvalue weighted by Crippen LogP contribution is 2.33. The monoisotopic (exact) mass is 215 g/mol. The van der Waals surface area contributed by atoms with Gasteiger partial charge in [0.05, 0.1) is 0 Å². The predicted molar refractivity (Wildman–Crippen MR) is 58.3 cm³/mol. The lowest BCUT2D eigenvalue weighted by atomic mass is 9.93. The molecule has 1 nitrogen and oxygen atoms in total. The molecule has 0 amide bonds. The Bertz CT molecular complexity index is 318. The van der Waals surface area contributed by atoms with Gasteiger partial charge in [0.2, 0.25) is 0 Å². The molecule has 1 aromatic rings. The van der Waals surface area contributed by atoms with Crippen LogP contribution >= 0.6 is 11.6 Å². The van der Waals surface area contributed by atoms with Gasteiger partial charge < -0.3 is 5.73 Å². The molecule has 0 fully saturated rings. The summed E-state index contributed by atoms with van der Waals surface area (Å²) in [7, 11) is 0. The fraction of sp³-hybridized carbons (Fsp3) is 0.455. The van der Waals surface area contributed by atoms with Crippen LogP contribution in [0.1, 0.15) is 25.0 Å². The first-order valence-corrected chi connectivity index (χ1v) is 5.01. The molecular weight excluding hydrogens is 201 g/mol. The SMILES string of the molecule is CC(C)(F)c1c(Cl)cccc1CCN. The third-order valence-corrected chi connectivity index (χ3v) is 2.42. The van der Waals surface area contributed by atoms with Crippen LogP contribution in [0, 0.1) is 0 Å². The Labute approximate surface area is 89.1 Å². The molecule has 1 rings (SSSR count). The summed E-state index contributed by atoms with van der Waals surface area (Å²) >= 11 is 5.97. The molecule has 0 heterocycles. The summed E-state index contributed by atoms with van der Waals surface area (Å²) in [5, 5.41) is 0.475. The molecule has 0 saturated carbocycles. The van der Waals surface area contributed by atoms with Crippen molar-refractivity contribution in [1.29, 1.82) is 0 Å². The second kappa shape index (κ2) is 4.28. The summed E-state index contributed by atoms with van der Waals surface area (Å²) in [4.78, 5) is 0. The van der Waals surface area contributed by atoms with Crippen molar-refractivity contribution in [3.63, 3.8) is 0 Å². The molecule has 0 aliphatic carbocycles. The fourth-order valence-electron chi connectivity index (χ4n) is 1.60. The minimum atomic E-state index is -1.41. The third kappa shape index (κ3) is 2.46. The lowest BCUT2D eigenvalue weighted by Crippen LogP contribution is -2.15. The largest absolute Gasteiger partial charge is 0.330 e. The summed E-state index contributed by atoms with van der Waals surface area (Å²) in [5.41, 5.74) is 5.50. The molecule has 0 bridgehead atoms. The Balaban J connectivity index is 3.22. The number of benzene rings is 1. The zero-order valence-corrected chi connectivity index (χ0v) is 9.24. The lowest BCUT2D eigenvalue weighted by molar-refractivity contribution is 0.220. The van der Waals surface area contributed by atoms with Crippen molar-refractivity contribution in [1.82, 2.24) is 0 Å². The number of halogens is 2. The minimum absolute atomic E-state index is 0.475. The van der Waals surface area contributed by atoms with Gasteiger partial charge in [-0.3, -0.25) is 0 Å². The molecule has 0 aliphatic rings. The van der Waals surface area contributed by atoms with E-state index >= 15 is 0 Å². The third-order valence-electron chi connectivity index (χ3n) is 2.11. The van der Waals surface area contributed by atoms with Crippen LogP contribution in [0.25, 0.3) is 0 Å². The van der Waals surface area contributed by atoms with E-state index in [1.165, 1.54) is 13.8 Å². The number of alkyl halides is 1. The number of hydrogen-bond acceptors (Lipinski definition) is 1. The number of rotatable bonds is 3. The van der Waals surface area contributed by atoms with Crippen LogP contribution in [0.15, 0.2) is 18.2 Å². The van der Waals surface area contributed by atoms with E-state index in [0.717, 1.165) is 5.56 Å². The quantitative estimate of drug-likeness (QED) is 0.824. The van der Waals surface area contributed by atoms with Crippen LogP contribution in [0.3, 0.4) is 0 Å². The summed E-state index contributed by atoms with van der Waals surface area (Å²) in [6.45, 7) is 3.52. The summed E-state index contributed by atoms with van der Waals surface area (Å²) in [6, 6.07) is 5.40. The van der Waals surface area contributed by atoms with Gasteiger partial charge in [-0.2, -0.15) is 0 Å². The summed E-state index contributed by atoms with van der Waals surface area (Å²) in [5.74, 6) is 0. The molecular formula is C11H15ClFN. The normalized spacial score (nSPS) is 11.8. The van der Waals surface area contributed by atoms with Gasteiger partial charge in [0, 0.05) is 10.6 Å². The predicted octanol–water partition coefficient (Wildman–Crippen LogP) is 3.05. The van der Waals surface area contributed by atoms with E-state index in [2.05, 4.69) is 0 Å². The molecule has 2 N–H and O–H groups in total. The van der Waals surface area contributed by atoms with E-state index in [1.807, 2.05) is 12.1 Å². The van der Waals surface area contributed by atoms with E-state index < -0.39 is 5.67 Å². The van der Waals surface area contributed by atoms with Gasteiger partial charge in [-0.15, -0.1) is 0 Å². The van der Waals surface area contributed by atoms with Crippen LogP contribution in [-0.4, -0.2) is 6.54 Å². The van der Waals surface area contributed by atoms with Crippen LogP contribution in [0.5, 0.6) is 0 Å². The van der Waals surface area contributed by atoms with E-state index in [0.29, 0.717) is 23.6 Å². The van der Waals surface area contributed by atoms with Gasteiger partial charge in [0.1, 0.15) is 5.67 Å². The highest BCUT2D eigenvalue weighted by molar-refractivity contribution is 6.31. The first kappa shape index (κ1) is 11.5. The van der Waals surface area contributed by atoms with Gasteiger partial charge in [0.25, 0.3) is 0 Å². The Hall–Kier alpha value is -0.600. The molecule has 0 radical (unpaired) electrons. The molecule has 1 aromatic carbocycles. The smallest absolute Gasteiger partial charge is 0.132 e. The highest BCUT2D eigenvalue weighted by Gasteiger charge is 2.24. The van der Waals surface area contributed by atoms with E-state index in [1.54, 1.807) is 6.07 Å². The second-order valence-corrected chi connectivity index (χ2v) is 4.19. The average Bonchev–Trinajstić information content (AvgIpc) is 2.02. The lowest BCUT2D eigenvalue weighted by Gasteiger charge is -2.20. The van der Waals surface area contributed by atoms with Gasteiger partial charge in [-0.1, -0.05) is 23.7 Å². The van der Waals surface area contributed by atoms with Crippen LogP contribution in [-0.2, 0) is 12.1 Å². The molecule has 0 saturated heterocycles. The maximum atomic E-state index is 13.8. The maximum Gasteiger partial charge on any atom is 0.132 e. The summed E-state index contributed by atoms with van der Waals surface area (Å²) in [6.07, 6.45) is 0.656. The zero-order chi connectivity index (χ0) is 10.8. The molecule has 0 spiro atoms. The molecule has 0 unspecified atom stereocenters. The Morgan fingerprint density at radius 2 is 2.07 bits per heavy atom. The van der Waals surface area contributed by atoms with Crippen molar-refractivity contribution in [3.8, 4) is 0 Å². The van der Waals surface area contributed by atoms with Gasteiger partial charge in [0.15, 0.2) is 0 Å². The van der Waals surface area contributed by atoms with Crippen LogP contribution in [0.2, 0.25) is 5.02 Å². The van der Waals surface area contributed by atoms with Crippen molar-refractivity contribution in [2.75, 3.05) is 6.54 Å². The van der Waals surface area contributed by atoms with Crippen molar-refractivity contribution in [3.05, 3.63) is 34.3 Å². The Kier molecular flexibility index (Phi) is 3.51. The van der Waals surface area contributed by atoms with Gasteiger partial charge >= 0.3 is 0 Å². The zero-order valence-electron chi connectivity index (χ0n) is 8.48. The maximum absolute atomic E-state index is 13.8. The van der Waals surface area contributed by atoms with E-state index in [4.69, 9.17) is 17.3 Å². The fourth-order valence-corrected chi connectivity index (χ4v) is 2.02. The topological polar surface area (TPSA) is 26.0 Å². The number of hydrogen-bond donors (Lipinski definition) is 1. The standard InChI is InChI=1S/C11H15ClFN/c1-11(2,13)10-8(6-7-14)4-3-5-9(10)12/h3-5H,6-7,14H2,1-2H3. The van der Waals surface area contributed by atoms with Crippen molar-refractivity contribution >= 4 is 11.6 Å². The molecule has 0 aliphatic heterocycles. The van der Waals surface area contributed by atoms with E-state index in [-0.39, 0.29) is 0 Å². The molecule has 0 atom stereocenters. The Morgan fingerprint density at radius 3 is 2.57 bits per heavy atom. The van der Waals surface area contributed by atoms with Crippen molar-refractivity contribution in [2.45, 2.75) is 25.9 Å². The van der Waals surface area contributed by atoms with Crippen molar-refractivity contribution in [2.24, 2.45) is 5.73 Å². The van der Waals surface area contributed by atoms with Gasteiger partial charge in [-0.25, -0.2) is 4.39 Å². The second-order valence-electron chi connectivity index (χ2n) is 3.79. The first-order valence-electron chi connectivity index (χ1n) is 4.63. The highest BCUT2D eigenvalue weighted by atomic mass is 35.5. The van der Waals surface area contributed by atoms with E-state index in [9.17, 15) is 4.39 Å². The van der Waals surface area contributed by atoms with Crippen LogP contribution < -0.4 is 5.73 Å². The van der Waals surface area contributed by atoms with Crippen molar-refractivity contribution < 1.29 is 4.39 Å². The van der Waals surface area contributed by atoms with Gasteiger partial charge in [-0.05, 0) is 38.4 Å². The van der Waals surface area contributed by atoms with Crippen LogP contribution in [0.4, 0.5) is 4.39 Å². The first-order chi connectivity index (χ1) is 6.46. The molecule has 14 heavy (non-hydrogen) atoms. The summed E-state index contributed by atoms with van der Waals surface area (Å²) < 4.78 is 13.8. The number of nitrogens with two attached hydrogens (primary N) is 1. The molecule has 3 heteroatoms. The molecule has 0 aromatic heterocycles.